The molecule has 2 rings (SSSR count). The van der Waals surface area contributed by atoms with Gasteiger partial charge in [0.1, 0.15) is 5.75 Å². The van der Waals surface area contributed by atoms with Crippen LogP contribution in [0, 0.1) is 27.2 Å². The molecule has 2 aromatic carbocycles. The molecular formula is C13H9BrN2O5. The first kappa shape index (κ1) is 14.9. The molecule has 0 saturated carbocycles. The number of benzene rings is 2. The van der Waals surface area contributed by atoms with Crippen molar-refractivity contribution in [2.24, 2.45) is 0 Å². The number of nitro benzene ring substituents is 2. The third-order valence-corrected chi connectivity index (χ3v) is 3.21. The molecule has 0 aliphatic rings. The molecule has 0 unspecified atom stereocenters. The summed E-state index contributed by atoms with van der Waals surface area (Å²) in [6, 6.07) is 8.44. The number of non-ortho nitro benzene ring substituents is 1. The second-order valence-corrected chi connectivity index (χ2v) is 5.09. The molecule has 0 aliphatic carbocycles. The third-order valence-electron chi connectivity index (χ3n) is 2.72. The molecule has 0 amide bonds. The normalized spacial score (nSPS) is 10.2. The highest BCUT2D eigenvalue weighted by Crippen LogP contribution is 2.36. The molecule has 0 fully saturated rings. The van der Waals surface area contributed by atoms with Gasteiger partial charge in [-0.25, -0.2) is 0 Å². The zero-order valence-electron chi connectivity index (χ0n) is 10.8. The molecule has 0 spiro atoms. The molecule has 0 radical (unpaired) electrons. The Kier molecular flexibility index (Phi) is 4.18. The smallest absolute Gasteiger partial charge is 0.312 e. The fraction of sp³-hybridized carbons (Fsp3) is 0.0769. The summed E-state index contributed by atoms with van der Waals surface area (Å²) in [5, 5.41) is 21.8. The molecule has 0 heterocycles. The van der Waals surface area contributed by atoms with Crippen LogP contribution >= 0.6 is 15.9 Å². The molecule has 21 heavy (non-hydrogen) atoms. The summed E-state index contributed by atoms with van der Waals surface area (Å²) in [5.41, 5.74) is 0.267. The van der Waals surface area contributed by atoms with Crippen molar-refractivity contribution in [1.82, 2.24) is 0 Å². The van der Waals surface area contributed by atoms with Gasteiger partial charge >= 0.3 is 5.69 Å². The quantitative estimate of drug-likeness (QED) is 0.601. The fourth-order valence-corrected chi connectivity index (χ4v) is 2.00. The topological polar surface area (TPSA) is 95.5 Å². The predicted octanol–water partition coefficient (Wildman–Crippen LogP) is 4.37. The van der Waals surface area contributed by atoms with E-state index in [9.17, 15) is 20.2 Å². The van der Waals surface area contributed by atoms with Crippen molar-refractivity contribution in [2.45, 2.75) is 6.92 Å². The number of hydrogen-bond donors (Lipinski definition) is 0. The van der Waals surface area contributed by atoms with Crippen molar-refractivity contribution in [1.29, 1.82) is 0 Å². The van der Waals surface area contributed by atoms with Gasteiger partial charge in [-0.15, -0.1) is 0 Å². The average molecular weight is 353 g/mol. The highest BCUT2D eigenvalue weighted by Gasteiger charge is 2.18. The van der Waals surface area contributed by atoms with Crippen molar-refractivity contribution < 1.29 is 14.6 Å². The lowest BCUT2D eigenvalue weighted by molar-refractivity contribution is -0.386. The van der Waals surface area contributed by atoms with Crippen molar-refractivity contribution in [3.05, 3.63) is 66.7 Å². The molecule has 8 heteroatoms. The number of nitrogens with zero attached hydrogens (tertiary/aromatic N) is 2. The fourth-order valence-electron chi connectivity index (χ4n) is 1.65. The highest BCUT2D eigenvalue weighted by molar-refractivity contribution is 9.10. The molecule has 0 aliphatic heterocycles. The largest absolute Gasteiger partial charge is 0.450 e. The standard InChI is InChI=1S/C13H9BrN2O5/c1-8-2-4-10(15(17)18)7-13(8)21-12-5-3-9(14)6-11(12)16(19)20/h2-7H,1H3. The minimum atomic E-state index is -0.577. The Balaban J connectivity index is 2.45. The zero-order chi connectivity index (χ0) is 15.6. The number of nitro groups is 2. The second-order valence-electron chi connectivity index (χ2n) is 4.18. The molecule has 2 aromatic rings. The Labute approximate surface area is 127 Å². The zero-order valence-corrected chi connectivity index (χ0v) is 12.4. The van der Waals surface area contributed by atoms with Gasteiger partial charge in [-0.3, -0.25) is 20.2 Å². The van der Waals surface area contributed by atoms with Crippen molar-refractivity contribution in [3.8, 4) is 11.5 Å². The van der Waals surface area contributed by atoms with Crippen LogP contribution in [0.2, 0.25) is 0 Å². The molecule has 0 N–H and O–H groups in total. The molecule has 0 atom stereocenters. The number of hydrogen-bond acceptors (Lipinski definition) is 5. The Hall–Kier alpha value is -2.48. The van der Waals surface area contributed by atoms with E-state index in [0.29, 0.717) is 10.0 Å². The van der Waals surface area contributed by atoms with Crippen LogP contribution in [0.25, 0.3) is 0 Å². The van der Waals surface area contributed by atoms with Gasteiger partial charge in [-0.05, 0) is 30.7 Å². The van der Waals surface area contributed by atoms with Gasteiger partial charge in [0.05, 0.1) is 15.9 Å². The van der Waals surface area contributed by atoms with E-state index in [-0.39, 0.29) is 22.9 Å². The van der Waals surface area contributed by atoms with Crippen LogP contribution in [0.5, 0.6) is 11.5 Å². The maximum atomic E-state index is 11.0. The van der Waals surface area contributed by atoms with Gasteiger partial charge in [0.15, 0.2) is 0 Å². The molecule has 7 nitrogen and oxygen atoms in total. The minimum absolute atomic E-state index is 0.0202. The van der Waals surface area contributed by atoms with E-state index in [0.717, 1.165) is 0 Å². The summed E-state index contributed by atoms with van der Waals surface area (Å²) >= 11 is 3.15. The van der Waals surface area contributed by atoms with Crippen LogP contribution in [0.15, 0.2) is 40.9 Å². The summed E-state index contributed by atoms with van der Waals surface area (Å²) in [6.45, 7) is 1.70. The molecule has 0 saturated heterocycles. The maximum absolute atomic E-state index is 11.0. The molecule has 108 valence electrons. The van der Waals surface area contributed by atoms with Gasteiger partial charge in [-0.2, -0.15) is 0 Å². The maximum Gasteiger partial charge on any atom is 0.312 e. The summed E-state index contributed by atoms with van der Waals surface area (Å²) in [5.74, 6) is 0.224. The van der Waals surface area contributed by atoms with Crippen LogP contribution in [0.1, 0.15) is 5.56 Å². The molecule has 0 aromatic heterocycles. The van der Waals surface area contributed by atoms with E-state index in [1.165, 1.54) is 30.3 Å². The predicted molar refractivity (Wildman–Crippen MR) is 78.7 cm³/mol. The summed E-state index contributed by atoms with van der Waals surface area (Å²) in [6.07, 6.45) is 0. The number of ether oxygens (including phenoxy) is 1. The third kappa shape index (κ3) is 3.34. The minimum Gasteiger partial charge on any atom is -0.450 e. The average Bonchev–Trinajstić information content (AvgIpc) is 2.42. The Bertz CT molecular complexity index is 732. The number of rotatable bonds is 4. The van der Waals surface area contributed by atoms with Gasteiger partial charge < -0.3 is 4.74 Å². The van der Waals surface area contributed by atoms with Crippen LogP contribution in [-0.2, 0) is 0 Å². The number of halogens is 1. The van der Waals surface area contributed by atoms with Crippen LogP contribution in [0.4, 0.5) is 11.4 Å². The lowest BCUT2D eigenvalue weighted by Crippen LogP contribution is -1.96. The van der Waals surface area contributed by atoms with Crippen molar-refractivity contribution in [2.75, 3.05) is 0 Å². The lowest BCUT2D eigenvalue weighted by atomic mass is 10.2. The van der Waals surface area contributed by atoms with Gasteiger partial charge in [0.25, 0.3) is 5.69 Å². The first-order valence-electron chi connectivity index (χ1n) is 5.75. The lowest BCUT2D eigenvalue weighted by Gasteiger charge is -2.09. The Morgan fingerprint density at radius 1 is 1.00 bits per heavy atom. The summed E-state index contributed by atoms with van der Waals surface area (Å²) < 4.78 is 6.02. The SMILES string of the molecule is Cc1ccc([N+](=O)[O-])cc1Oc1ccc(Br)cc1[N+](=O)[O-]. The first-order chi connectivity index (χ1) is 9.88. The monoisotopic (exact) mass is 352 g/mol. The van der Waals surface area contributed by atoms with E-state index in [2.05, 4.69) is 15.9 Å². The van der Waals surface area contributed by atoms with Crippen molar-refractivity contribution >= 4 is 27.3 Å². The van der Waals surface area contributed by atoms with Gasteiger partial charge in [0.2, 0.25) is 5.75 Å². The Morgan fingerprint density at radius 2 is 1.71 bits per heavy atom. The second kappa shape index (κ2) is 5.88. The van der Waals surface area contributed by atoms with E-state index in [1.54, 1.807) is 13.0 Å². The molecule has 0 bridgehead atoms. The molecular weight excluding hydrogens is 344 g/mol. The number of aryl methyl sites for hydroxylation is 1. The van der Waals surface area contributed by atoms with Gasteiger partial charge in [0, 0.05) is 16.6 Å². The van der Waals surface area contributed by atoms with E-state index in [1.807, 2.05) is 0 Å². The van der Waals surface area contributed by atoms with E-state index < -0.39 is 9.85 Å². The summed E-state index contributed by atoms with van der Waals surface area (Å²) in [7, 11) is 0. The first-order valence-corrected chi connectivity index (χ1v) is 6.54. The van der Waals surface area contributed by atoms with E-state index >= 15 is 0 Å². The Morgan fingerprint density at radius 3 is 2.33 bits per heavy atom. The van der Waals surface area contributed by atoms with Crippen LogP contribution in [-0.4, -0.2) is 9.85 Å². The van der Waals surface area contributed by atoms with E-state index in [4.69, 9.17) is 4.74 Å². The van der Waals surface area contributed by atoms with Crippen molar-refractivity contribution in [3.63, 3.8) is 0 Å². The summed E-state index contributed by atoms with van der Waals surface area (Å²) in [4.78, 5) is 20.7. The van der Waals surface area contributed by atoms with Crippen LogP contribution < -0.4 is 4.74 Å². The van der Waals surface area contributed by atoms with Gasteiger partial charge in [-0.1, -0.05) is 15.9 Å². The van der Waals surface area contributed by atoms with Crippen LogP contribution in [0.3, 0.4) is 0 Å². The highest BCUT2D eigenvalue weighted by atomic mass is 79.9.